The third-order valence-corrected chi connectivity index (χ3v) is 11.1. The van der Waals surface area contributed by atoms with E-state index < -0.39 is 15.9 Å². The highest BCUT2D eigenvalue weighted by molar-refractivity contribution is 7.91. The van der Waals surface area contributed by atoms with Crippen LogP contribution in [0.4, 0.5) is 5.13 Å². The molecule has 2 aliphatic rings. The number of ether oxygens (including phenoxy) is 1. The van der Waals surface area contributed by atoms with Crippen LogP contribution in [0.2, 0.25) is 0 Å². The molecule has 0 radical (unpaired) electrons. The van der Waals surface area contributed by atoms with Crippen LogP contribution < -0.4 is 4.90 Å². The average Bonchev–Trinajstić information content (AvgIpc) is 3.61. The van der Waals surface area contributed by atoms with E-state index in [0.717, 1.165) is 28.6 Å². The average molecular weight is 520 g/mol. The molecule has 5 rings (SSSR count). The number of hydrogen-bond donors (Lipinski definition) is 0. The van der Waals surface area contributed by atoms with Gasteiger partial charge in [-0.15, -0.1) is 11.3 Å². The summed E-state index contributed by atoms with van der Waals surface area (Å²) in [5.74, 6) is -0.463. The molecule has 2 saturated heterocycles. The number of rotatable bonds is 6. The molecule has 1 aromatic carbocycles. The third kappa shape index (κ3) is 4.54. The zero-order chi connectivity index (χ0) is 23.9. The number of thiazole rings is 1. The Balaban J connectivity index is 1.44. The second-order valence-electron chi connectivity index (χ2n) is 9.07. The summed E-state index contributed by atoms with van der Waals surface area (Å²) in [4.78, 5) is 20.5. The maximum Gasteiger partial charge on any atom is 0.252 e. The van der Waals surface area contributed by atoms with Gasteiger partial charge in [-0.3, -0.25) is 9.69 Å². The molecule has 10 heteroatoms. The van der Waals surface area contributed by atoms with Gasteiger partial charge in [-0.25, -0.2) is 13.4 Å². The van der Waals surface area contributed by atoms with E-state index in [1.54, 1.807) is 22.4 Å². The lowest BCUT2D eigenvalue weighted by molar-refractivity contribution is -0.123. The van der Waals surface area contributed by atoms with Crippen molar-refractivity contribution in [3.63, 3.8) is 0 Å². The van der Waals surface area contributed by atoms with E-state index in [0.29, 0.717) is 41.9 Å². The van der Waals surface area contributed by atoms with Gasteiger partial charge in [0, 0.05) is 19.7 Å². The van der Waals surface area contributed by atoms with Gasteiger partial charge in [0.2, 0.25) is 5.91 Å². The Hall–Kier alpha value is -1.85. The quantitative estimate of drug-likeness (QED) is 0.476. The zero-order valence-corrected chi connectivity index (χ0v) is 21.8. The molecule has 182 valence electrons. The van der Waals surface area contributed by atoms with Gasteiger partial charge in [-0.05, 0) is 68.2 Å². The van der Waals surface area contributed by atoms with Crippen LogP contribution in [0.3, 0.4) is 0 Å². The number of carbonyl (C=O) groups excluding carboxylic acids is 1. The lowest BCUT2D eigenvalue weighted by Gasteiger charge is -2.34. The Morgan fingerprint density at radius 1 is 1.24 bits per heavy atom. The molecule has 2 atom stereocenters. The Bertz CT molecular complexity index is 1280. The molecule has 2 aromatic heterocycles. The predicted molar refractivity (Wildman–Crippen MR) is 136 cm³/mol. The summed E-state index contributed by atoms with van der Waals surface area (Å²) in [7, 11) is -3.59. The molecule has 0 saturated carbocycles. The van der Waals surface area contributed by atoms with Gasteiger partial charge in [0.05, 0.1) is 28.8 Å². The first-order valence-electron chi connectivity index (χ1n) is 11.7. The van der Waals surface area contributed by atoms with Gasteiger partial charge >= 0.3 is 0 Å². The van der Waals surface area contributed by atoms with Crippen molar-refractivity contribution in [1.82, 2.24) is 9.29 Å². The summed E-state index contributed by atoms with van der Waals surface area (Å²) < 4.78 is 34.9. The summed E-state index contributed by atoms with van der Waals surface area (Å²) in [5, 5.41) is 2.43. The normalized spacial score (nSPS) is 21.8. The van der Waals surface area contributed by atoms with Crippen molar-refractivity contribution in [2.45, 2.75) is 49.8 Å². The minimum Gasteiger partial charge on any atom is -0.376 e. The zero-order valence-electron chi connectivity index (χ0n) is 19.4. The molecule has 4 heterocycles. The molecule has 34 heavy (non-hydrogen) atoms. The third-order valence-electron chi connectivity index (χ3n) is 6.80. The SMILES string of the molecule is Cc1ccc2sc(N(CC3CCCO3)C(=O)C3CCCN(S(=O)(=O)c4cccs4)C3)nc2c1C. The topological polar surface area (TPSA) is 79.8 Å². The Morgan fingerprint density at radius 2 is 2.09 bits per heavy atom. The van der Waals surface area contributed by atoms with Crippen molar-refractivity contribution in [2.75, 3.05) is 31.1 Å². The van der Waals surface area contributed by atoms with Crippen LogP contribution in [0, 0.1) is 19.8 Å². The van der Waals surface area contributed by atoms with Crippen LogP contribution in [0.15, 0.2) is 33.9 Å². The number of aryl methyl sites for hydroxylation is 2. The lowest BCUT2D eigenvalue weighted by atomic mass is 9.98. The summed E-state index contributed by atoms with van der Waals surface area (Å²) in [6.45, 7) is 5.92. The number of anilines is 1. The van der Waals surface area contributed by atoms with Crippen LogP contribution in [0.5, 0.6) is 0 Å². The van der Waals surface area contributed by atoms with Crippen LogP contribution in [0.25, 0.3) is 10.2 Å². The summed E-state index contributed by atoms with van der Waals surface area (Å²) in [6.07, 6.45) is 3.21. The van der Waals surface area contributed by atoms with Crippen molar-refractivity contribution in [1.29, 1.82) is 0 Å². The van der Waals surface area contributed by atoms with E-state index in [4.69, 9.17) is 9.72 Å². The number of amides is 1. The smallest absolute Gasteiger partial charge is 0.252 e. The lowest BCUT2D eigenvalue weighted by Crippen LogP contribution is -2.48. The van der Waals surface area contributed by atoms with Crippen molar-refractivity contribution < 1.29 is 17.9 Å². The van der Waals surface area contributed by atoms with Gasteiger partial charge < -0.3 is 4.74 Å². The monoisotopic (exact) mass is 519 g/mol. The first-order chi connectivity index (χ1) is 16.3. The number of nitrogens with zero attached hydrogens (tertiary/aromatic N) is 3. The largest absolute Gasteiger partial charge is 0.376 e. The maximum atomic E-state index is 13.9. The molecule has 2 fully saturated rings. The number of aromatic nitrogens is 1. The predicted octanol–water partition coefficient (Wildman–Crippen LogP) is 4.59. The number of thiophene rings is 1. The molecule has 0 bridgehead atoms. The van der Waals surface area contributed by atoms with Crippen molar-refractivity contribution in [3.8, 4) is 0 Å². The molecule has 0 spiro atoms. The van der Waals surface area contributed by atoms with Gasteiger partial charge in [-0.2, -0.15) is 4.31 Å². The fourth-order valence-corrected chi connectivity index (χ4v) is 8.41. The van der Waals surface area contributed by atoms with Crippen LogP contribution >= 0.6 is 22.7 Å². The van der Waals surface area contributed by atoms with Crippen LogP contribution in [-0.4, -0.2) is 56.0 Å². The Labute approximate surface area is 208 Å². The minimum atomic E-state index is -3.59. The fourth-order valence-electron chi connectivity index (χ4n) is 4.70. The van der Waals surface area contributed by atoms with Crippen molar-refractivity contribution >= 4 is 54.0 Å². The first-order valence-corrected chi connectivity index (χ1v) is 14.8. The van der Waals surface area contributed by atoms with Gasteiger partial charge in [0.25, 0.3) is 10.0 Å². The van der Waals surface area contributed by atoms with E-state index in [9.17, 15) is 13.2 Å². The Kier molecular flexibility index (Phi) is 6.78. The molecule has 3 aromatic rings. The number of hydrogen-bond acceptors (Lipinski definition) is 7. The summed E-state index contributed by atoms with van der Waals surface area (Å²) >= 11 is 2.73. The Morgan fingerprint density at radius 3 is 2.82 bits per heavy atom. The highest BCUT2D eigenvalue weighted by Crippen LogP contribution is 2.35. The van der Waals surface area contributed by atoms with E-state index in [2.05, 4.69) is 26.0 Å². The van der Waals surface area contributed by atoms with E-state index in [-0.39, 0.29) is 18.6 Å². The number of piperidine rings is 1. The minimum absolute atomic E-state index is 0.0201. The van der Waals surface area contributed by atoms with Crippen molar-refractivity contribution in [2.24, 2.45) is 5.92 Å². The molecule has 2 aliphatic heterocycles. The summed E-state index contributed by atoms with van der Waals surface area (Å²) in [5.41, 5.74) is 3.22. The number of benzene rings is 1. The van der Waals surface area contributed by atoms with E-state index in [1.165, 1.54) is 32.5 Å². The number of carbonyl (C=O) groups is 1. The highest BCUT2D eigenvalue weighted by Gasteiger charge is 2.37. The first kappa shape index (κ1) is 23.9. The molecule has 0 aliphatic carbocycles. The van der Waals surface area contributed by atoms with Crippen LogP contribution in [0.1, 0.15) is 36.8 Å². The molecular formula is C24H29N3O4S3. The molecule has 2 unspecified atom stereocenters. The highest BCUT2D eigenvalue weighted by atomic mass is 32.2. The van der Waals surface area contributed by atoms with Crippen molar-refractivity contribution in [3.05, 3.63) is 40.8 Å². The van der Waals surface area contributed by atoms with Gasteiger partial charge in [0.1, 0.15) is 4.21 Å². The van der Waals surface area contributed by atoms with E-state index in [1.807, 2.05) is 0 Å². The molecule has 1 amide bonds. The standard InChI is InChI=1S/C24H29N3O4S3/c1-16-9-10-20-22(17(16)2)25-24(33-20)27(15-19-7-4-12-31-19)23(28)18-6-3-11-26(14-18)34(29,30)21-8-5-13-32-21/h5,8-10,13,18-19H,3-4,6-7,11-12,14-15H2,1-2H3. The van der Waals surface area contributed by atoms with Gasteiger partial charge in [-0.1, -0.05) is 23.5 Å². The second-order valence-corrected chi connectivity index (χ2v) is 13.2. The maximum absolute atomic E-state index is 13.9. The number of sulfonamides is 1. The van der Waals surface area contributed by atoms with Gasteiger partial charge in [0.15, 0.2) is 5.13 Å². The second kappa shape index (κ2) is 9.66. The molecule has 7 nitrogen and oxygen atoms in total. The molecule has 0 N–H and O–H groups in total. The molecular weight excluding hydrogens is 490 g/mol. The number of fused-ring (bicyclic) bond motifs is 1. The van der Waals surface area contributed by atoms with Crippen LogP contribution in [-0.2, 0) is 19.6 Å². The van der Waals surface area contributed by atoms with E-state index >= 15 is 0 Å². The fraction of sp³-hybridized carbons (Fsp3) is 0.500. The summed E-state index contributed by atoms with van der Waals surface area (Å²) in [6, 6.07) is 7.51.